The van der Waals surface area contributed by atoms with E-state index in [0.717, 1.165) is 0 Å². The number of fused-ring (bicyclic) bond motifs is 1. The normalized spacial score (nSPS) is 10.6. The number of phenolic OH excluding ortho intramolecular Hbond substituents is 1. The summed E-state index contributed by atoms with van der Waals surface area (Å²) in [5.41, 5.74) is 0.661. The lowest BCUT2D eigenvalue weighted by Crippen LogP contribution is -2.02. The highest BCUT2D eigenvalue weighted by Gasteiger charge is 2.19. The minimum Gasteiger partial charge on any atom is -0.508 e. The monoisotopic (exact) mass is 328 g/mol. The second-order valence-electron chi connectivity index (χ2n) is 5.04. The van der Waals surface area contributed by atoms with Gasteiger partial charge in [-0.15, -0.1) is 0 Å². The highest BCUT2D eigenvalue weighted by Crippen LogP contribution is 2.44. The van der Waals surface area contributed by atoms with Crippen LogP contribution in [0.4, 0.5) is 0 Å². The van der Waals surface area contributed by atoms with Crippen molar-refractivity contribution in [2.45, 2.75) is 0 Å². The van der Waals surface area contributed by atoms with Gasteiger partial charge in [-0.2, -0.15) is 0 Å². The molecule has 0 aliphatic heterocycles. The zero-order valence-corrected chi connectivity index (χ0v) is 13.5. The molecule has 0 atom stereocenters. The number of methoxy groups -OCH3 is 3. The number of ether oxygens (including phenoxy) is 3. The Kier molecular flexibility index (Phi) is 4.04. The first kappa shape index (κ1) is 15.7. The molecule has 0 aliphatic carbocycles. The molecule has 1 aromatic heterocycles. The Morgan fingerprint density at radius 3 is 2.33 bits per heavy atom. The molecular formula is C18H16O6. The summed E-state index contributed by atoms with van der Waals surface area (Å²) in [7, 11) is 4.53. The van der Waals surface area contributed by atoms with Crippen LogP contribution in [0.2, 0.25) is 0 Å². The topological polar surface area (TPSA) is 78.1 Å². The van der Waals surface area contributed by atoms with Crippen molar-refractivity contribution in [1.29, 1.82) is 0 Å². The van der Waals surface area contributed by atoms with Crippen molar-refractivity contribution in [1.82, 2.24) is 0 Å². The molecule has 0 unspecified atom stereocenters. The molecular weight excluding hydrogens is 312 g/mol. The van der Waals surface area contributed by atoms with Gasteiger partial charge in [0.25, 0.3) is 0 Å². The standard InChI is InChI=1S/C18H16O6/c1-21-15-7-5-11(17(22-2)18(15)23-3)16-9-13(20)12-8-10(19)4-6-14(12)24-16/h4-9,19H,1-3H3. The predicted octanol–water partition coefficient (Wildman–Crippen LogP) is 3.19. The molecule has 0 saturated heterocycles. The van der Waals surface area contributed by atoms with Crippen LogP contribution in [0.15, 0.2) is 45.6 Å². The van der Waals surface area contributed by atoms with Crippen molar-refractivity contribution in [3.05, 3.63) is 46.6 Å². The minimum atomic E-state index is -0.265. The van der Waals surface area contributed by atoms with Crippen LogP contribution in [0.25, 0.3) is 22.3 Å². The van der Waals surface area contributed by atoms with Gasteiger partial charge in [0.05, 0.1) is 32.3 Å². The van der Waals surface area contributed by atoms with Gasteiger partial charge in [-0.25, -0.2) is 0 Å². The molecule has 0 saturated carbocycles. The van der Waals surface area contributed by atoms with Gasteiger partial charge in [0.1, 0.15) is 17.1 Å². The first-order valence-electron chi connectivity index (χ1n) is 7.15. The van der Waals surface area contributed by atoms with Gasteiger partial charge < -0.3 is 23.7 Å². The second kappa shape index (κ2) is 6.16. The van der Waals surface area contributed by atoms with E-state index >= 15 is 0 Å². The first-order valence-corrected chi connectivity index (χ1v) is 7.15. The minimum absolute atomic E-state index is 0.00578. The quantitative estimate of drug-likeness (QED) is 0.792. The molecule has 1 N–H and O–H groups in total. The zero-order chi connectivity index (χ0) is 17.3. The van der Waals surface area contributed by atoms with E-state index in [9.17, 15) is 9.90 Å². The molecule has 0 bridgehead atoms. The van der Waals surface area contributed by atoms with Crippen LogP contribution in [-0.2, 0) is 0 Å². The highest BCUT2D eigenvalue weighted by molar-refractivity contribution is 5.82. The number of phenols is 1. The summed E-state index contributed by atoms with van der Waals surface area (Å²) in [6.07, 6.45) is 0. The zero-order valence-electron chi connectivity index (χ0n) is 13.5. The highest BCUT2D eigenvalue weighted by atomic mass is 16.5. The van der Waals surface area contributed by atoms with E-state index in [4.69, 9.17) is 18.6 Å². The van der Waals surface area contributed by atoms with Gasteiger partial charge in [0, 0.05) is 6.07 Å². The third-order valence-corrected chi connectivity index (χ3v) is 3.68. The van der Waals surface area contributed by atoms with Crippen molar-refractivity contribution >= 4 is 11.0 Å². The average molecular weight is 328 g/mol. The molecule has 6 nitrogen and oxygen atoms in total. The molecule has 0 amide bonds. The predicted molar refractivity (Wildman–Crippen MR) is 89.2 cm³/mol. The summed E-state index contributed by atoms with van der Waals surface area (Å²) in [5, 5.41) is 9.82. The van der Waals surface area contributed by atoms with Crippen molar-refractivity contribution in [3.63, 3.8) is 0 Å². The lowest BCUT2D eigenvalue weighted by atomic mass is 10.1. The Hall–Kier alpha value is -3.15. The molecule has 2 aromatic carbocycles. The third kappa shape index (κ3) is 2.52. The summed E-state index contributed by atoms with van der Waals surface area (Å²) in [6.45, 7) is 0. The smallest absolute Gasteiger partial charge is 0.204 e. The van der Waals surface area contributed by atoms with Gasteiger partial charge in [-0.05, 0) is 30.3 Å². The Morgan fingerprint density at radius 1 is 0.917 bits per heavy atom. The number of hydrogen-bond acceptors (Lipinski definition) is 6. The lowest BCUT2D eigenvalue weighted by molar-refractivity contribution is 0.325. The van der Waals surface area contributed by atoms with Gasteiger partial charge in [-0.1, -0.05) is 0 Å². The summed E-state index contributed by atoms with van der Waals surface area (Å²) < 4.78 is 21.8. The van der Waals surface area contributed by atoms with Crippen LogP contribution in [0.1, 0.15) is 0 Å². The summed E-state index contributed by atoms with van der Waals surface area (Å²) in [6, 6.07) is 9.16. The van der Waals surface area contributed by atoms with Crippen LogP contribution in [0.5, 0.6) is 23.0 Å². The Labute approximate surface area is 137 Å². The van der Waals surface area contributed by atoms with Crippen LogP contribution in [-0.4, -0.2) is 26.4 Å². The summed E-state index contributed by atoms with van der Waals surface area (Å²) >= 11 is 0. The third-order valence-electron chi connectivity index (χ3n) is 3.68. The van der Waals surface area contributed by atoms with E-state index in [-0.39, 0.29) is 11.2 Å². The molecule has 1 heterocycles. The van der Waals surface area contributed by atoms with E-state index in [1.807, 2.05) is 0 Å². The fourth-order valence-corrected chi connectivity index (χ4v) is 2.57. The Balaban J connectivity index is 2.28. The SMILES string of the molecule is COc1ccc(-c2cc(=O)c3cc(O)ccc3o2)c(OC)c1OC. The van der Waals surface area contributed by atoms with Crippen LogP contribution in [0.3, 0.4) is 0 Å². The number of rotatable bonds is 4. The van der Waals surface area contributed by atoms with Crippen LogP contribution in [0, 0.1) is 0 Å². The molecule has 0 spiro atoms. The Morgan fingerprint density at radius 2 is 1.67 bits per heavy atom. The van der Waals surface area contributed by atoms with Crippen molar-refractivity contribution in [2.75, 3.05) is 21.3 Å². The first-order chi connectivity index (χ1) is 11.6. The number of hydrogen-bond donors (Lipinski definition) is 1. The second-order valence-corrected chi connectivity index (χ2v) is 5.04. The van der Waals surface area contributed by atoms with E-state index in [2.05, 4.69) is 0 Å². The maximum atomic E-state index is 12.3. The van der Waals surface area contributed by atoms with Crippen LogP contribution < -0.4 is 19.6 Å². The number of benzene rings is 2. The molecule has 3 rings (SSSR count). The van der Waals surface area contributed by atoms with Crippen molar-refractivity contribution in [3.8, 4) is 34.3 Å². The van der Waals surface area contributed by atoms with E-state index in [1.54, 1.807) is 18.2 Å². The summed E-state index contributed by atoms with van der Waals surface area (Å²) in [4.78, 5) is 12.3. The van der Waals surface area contributed by atoms with Gasteiger partial charge in [-0.3, -0.25) is 4.79 Å². The fourth-order valence-electron chi connectivity index (χ4n) is 2.57. The summed E-state index contributed by atoms with van der Waals surface area (Å²) in [5.74, 6) is 1.65. The molecule has 0 radical (unpaired) electrons. The lowest BCUT2D eigenvalue weighted by Gasteiger charge is -2.15. The Bertz CT molecular complexity index is 958. The maximum absolute atomic E-state index is 12.3. The van der Waals surface area contributed by atoms with Crippen molar-refractivity contribution in [2.24, 2.45) is 0 Å². The number of aromatic hydroxyl groups is 1. The van der Waals surface area contributed by atoms with Crippen molar-refractivity contribution < 1.29 is 23.7 Å². The molecule has 24 heavy (non-hydrogen) atoms. The van der Waals surface area contributed by atoms with Gasteiger partial charge >= 0.3 is 0 Å². The van der Waals surface area contributed by atoms with E-state index < -0.39 is 0 Å². The van der Waals surface area contributed by atoms with Gasteiger partial charge in [0.15, 0.2) is 16.9 Å². The maximum Gasteiger partial charge on any atom is 0.204 e. The van der Waals surface area contributed by atoms with Crippen LogP contribution >= 0.6 is 0 Å². The van der Waals surface area contributed by atoms with E-state index in [0.29, 0.717) is 39.5 Å². The fraction of sp³-hybridized carbons (Fsp3) is 0.167. The van der Waals surface area contributed by atoms with E-state index in [1.165, 1.54) is 39.5 Å². The van der Waals surface area contributed by atoms with Gasteiger partial charge in [0.2, 0.25) is 5.75 Å². The molecule has 3 aromatic rings. The molecule has 6 heteroatoms. The molecule has 0 fully saturated rings. The molecule has 124 valence electrons. The average Bonchev–Trinajstić information content (AvgIpc) is 2.60. The largest absolute Gasteiger partial charge is 0.508 e. The molecule has 0 aliphatic rings.